The van der Waals surface area contributed by atoms with Gasteiger partial charge in [0, 0.05) is 24.6 Å². The lowest BCUT2D eigenvalue weighted by Gasteiger charge is -2.25. The molecule has 1 aromatic carbocycles. The van der Waals surface area contributed by atoms with Crippen molar-refractivity contribution in [2.45, 2.75) is 4.90 Å². The van der Waals surface area contributed by atoms with Crippen LogP contribution < -0.4 is 0 Å². The zero-order valence-electron chi connectivity index (χ0n) is 8.67. The highest BCUT2D eigenvalue weighted by Gasteiger charge is 2.26. The van der Waals surface area contributed by atoms with Gasteiger partial charge in [-0.05, 0) is 18.2 Å². The van der Waals surface area contributed by atoms with Gasteiger partial charge in [0.15, 0.2) is 0 Å². The summed E-state index contributed by atoms with van der Waals surface area (Å²) in [6.45, 7) is 1.09. The molecule has 0 bridgehead atoms. The number of nitrogens with zero attached hydrogens (tertiary/aromatic N) is 1. The number of hydrogen-bond donors (Lipinski definition) is 1. The van der Waals surface area contributed by atoms with Crippen molar-refractivity contribution < 1.29 is 13.5 Å². The van der Waals surface area contributed by atoms with Crippen LogP contribution in [0, 0.1) is 0 Å². The summed E-state index contributed by atoms with van der Waals surface area (Å²) < 4.78 is 25.8. The molecule has 1 aliphatic heterocycles. The molecular weight excluding hydrogens is 246 g/mol. The van der Waals surface area contributed by atoms with Crippen molar-refractivity contribution >= 4 is 21.8 Å². The Morgan fingerprint density at radius 2 is 1.94 bits per heavy atom. The van der Waals surface area contributed by atoms with Crippen molar-refractivity contribution in [3.05, 3.63) is 24.3 Å². The van der Waals surface area contributed by atoms with E-state index in [0.29, 0.717) is 13.1 Å². The van der Waals surface area contributed by atoms with Crippen molar-refractivity contribution in [3.63, 3.8) is 0 Å². The van der Waals surface area contributed by atoms with Crippen LogP contribution in [0.25, 0.3) is 0 Å². The average molecular weight is 259 g/mol. The van der Waals surface area contributed by atoms with E-state index in [-0.39, 0.29) is 10.6 Å². The second kappa shape index (κ2) is 4.65. The van der Waals surface area contributed by atoms with Gasteiger partial charge in [0.2, 0.25) is 10.0 Å². The molecule has 0 unspecified atom stereocenters. The smallest absolute Gasteiger partial charge is 0.243 e. The first-order valence-corrected chi connectivity index (χ1v) is 7.57. The highest BCUT2D eigenvalue weighted by molar-refractivity contribution is 7.99. The average Bonchev–Trinajstić information content (AvgIpc) is 2.30. The zero-order valence-corrected chi connectivity index (χ0v) is 10.3. The molecule has 2 rings (SSSR count). The first kappa shape index (κ1) is 11.8. The molecule has 1 heterocycles. The quantitative estimate of drug-likeness (QED) is 0.865. The monoisotopic (exact) mass is 259 g/mol. The van der Waals surface area contributed by atoms with E-state index in [0.717, 1.165) is 11.5 Å². The van der Waals surface area contributed by atoms with Crippen LogP contribution in [0.2, 0.25) is 0 Å². The van der Waals surface area contributed by atoms with Crippen LogP contribution >= 0.6 is 11.8 Å². The molecule has 0 amide bonds. The van der Waals surface area contributed by atoms with E-state index < -0.39 is 10.0 Å². The van der Waals surface area contributed by atoms with Gasteiger partial charge in [-0.2, -0.15) is 16.1 Å². The number of hydrogen-bond acceptors (Lipinski definition) is 4. The molecule has 0 saturated carbocycles. The minimum absolute atomic E-state index is 0.0209. The van der Waals surface area contributed by atoms with Gasteiger partial charge in [-0.1, -0.05) is 6.07 Å². The van der Waals surface area contributed by atoms with Crippen molar-refractivity contribution in [2.24, 2.45) is 0 Å². The second-order valence-corrected chi connectivity index (χ2v) is 6.68. The molecule has 0 atom stereocenters. The molecule has 6 heteroatoms. The summed E-state index contributed by atoms with van der Waals surface area (Å²) in [5.41, 5.74) is 0. The van der Waals surface area contributed by atoms with Gasteiger partial charge in [0.25, 0.3) is 0 Å². The molecule has 1 saturated heterocycles. The molecule has 1 N–H and O–H groups in total. The molecule has 1 fully saturated rings. The molecular formula is C10H13NO3S2. The van der Waals surface area contributed by atoms with E-state index in [1.54, 1.807) is 17.8 Å². The Hall–Kier alpha value is -0.720. The summed E-state index contributed by atoms with van der Waals surface area (Å²) in [4.78, 5) is 0.166. The molecule has 0 aliphatic carbocycles. The lowest BCUT2D eigenvalue weighted by atomic mass is 10.3. The number of phenolic OH excluding ortho intramolecular Hbond substituents is 1. The Bertz CT molecular complexity index is 467. The van der Waals surface area contributed by atoms with Crippen molar-refractivity contribution in [1.82, 2.24) is 4.31 Å². The first-order valence-electron chi connectivity index (χ1n) is 4.97. The minimum atomic E-state index is -3.42. The largest absolute Gasteiger partial charge is 0.508 e. The topological polar surface area (TPSA) is 57.6 Å². The number of phenols is 1. The highest BCUT2D eigenvalue weighted by Crippen LogP contribution is 2.22. The third-order valence-corrected chi connectivity index (χ3v) is 5.26. The standard InChI is InChI=1S/C10H13NO3S2/c12-9-2-1-3-10(8-9)16(13,14)11-4-6-15-7-5-11/h1-3,8,12H,4-7H2. The number of sulfonamides is 1. The summed E-state index contributed by atoms with van der Waals surface area (Å²) >= 11 is 1.76. The predicted octanol–water partition coefficient (Wildman–Crippen LogP) is 1.13. The molecule has 1 aromatic rings. The van der Waals surface area contributed by atoms with Crippen molar-refractivity contribution in [2.75, 3.05) is 24.6 Å². The summed E-state index contributed by atoms with van der Waals surface area (Å²) in [5, 5.41) is 9.29. The van der Waals surface area contributed by atoms with Gasteiger partial charge in [-0.15, -0.1) is 0 Å². The molecule has 1 aliphatic rings. The summed E-state index contributed by atoms with van der Waals surface area (Å²) in [6.07, 6.45) is 0. The number of aromatic hydroxyl groups is 1. The van der Waals surface area contributed by atoms with Gasteiger partial charge in [0.05, 0.1) is 4.90 Å². The van der Waals surface area contributed by atoms with Crippen LogP contribution in [0.15, 0.2) is 29.2 Å². The van der Waals surface area contributed by atoms with E-state index in [1.807, 2.05) is 0 Å². The molecule has 4 nitrogen and oxygen atoms in total. The summed E-state index contributed by atoms with van der Waals surface area (Å²) in [5.74, 6) is 1.64. The number of rotatable bonds is 2. The summed E-state index contributed by atoms with van der Waals surface area (Å²) in [6, 6.07) is 5.81. The SMILES string of the molecule is O=S(=O)(c1cccc(O)c1)N1CCSCC1. The Balaban J connectivity index is 2.30. The first-order chi connectivity index (χ1) is 7.60. The van der Waals surface area contributed by atoms with E-state index in [4.69, 9.17) is 0 Å². The molecule has 0 spiro atoms. The van der Waals surface area contributed by atoms with Crippen LogP contribution in [-0.2, 0) is 10.0 Å². The Morgan fingerprint density at radius 1 is 1.25 bits per heavy atom. The van der Waals surface area contributed by atoms with E-state index in [9.17, 15) is 13.5 Å². The van der Waals surface area contributed by atoms with Gasteiger partial charge in [0.1, 0.15) is 5.75 Å². The Kier molecular flexibility index (Phi) is 3.41. The van der Waals surface area contributed by atoms with Crippen LogP contribution in [0.3, 0.4) is 0 Å². The predicted molar refractivity (Wildman–Crippen MR) is 64.2 cm³/mol. The van der Waals surface area contributed by atoms with E-state index in [2.05, 4.69) is 0 Å². The highest BCUT2D eigenvalue weighted by atomic mass is 32.2. The Morgan fingerprint density at radius 3 is 2.56 bits per heavy atom. The van der Waals surface area contributed by atoms with Crippen LogP contribution in [0.5, 0.6) is 5.75 Å². The van der Waals surface area contributed by atoms with Gasteiger partial charge in [-0.25, -0.2) is 8.42 Å². The molecule has 0 radical (unpaired) electrons. The fraction of sp³-hybridized carbons (Fsp3) is 0.400. The van der Waals surface area contributed by atoms with Crippen LogP contribution in [0.1, 0.15) is 0 Å². The molecule has 16 heavy (non-hydrogen) atoms. The van der Waals surface area contributed by atoms with Crippen LogP contribution in [0.4, 0.5) is 0 Å². The van der Waals surface area contributed by atoms with Gasteiger partial charge in [-0.3, -0.25) is 0 Å². The fourth-order valence-corrected chi connectivity index (χ4v) is 4.20. The van der Waals surface area contributed by atoms with Crippen molar-refractivity contribution in [1.29, 1.82) is 0 Å². The number of benzene rings is 1. The minimum Gasteiger partial charge on any atom is -0.508 e. The fourth-order valence-electron chi connectivity index (χ4n) is 1.58. The maximum atomic E-state index is 12.1. The zero-order chi connectivity index (χ0) is 11.6. The van der Waals surface area contributed by atoms with E-state index in [1.165, 1.54) is 22.5 Å². The molecule has 0 aromatic heterocycles. The Labute approximate surface area is 99.3 Å². The third kappa shape index (κ3) is 2.34. The normalized spacial score (nSPS) is 18.5. The van der Waals surface area contributed by atoms with Crippen LogP contribution in [-0.4, -0.2) is 42.4 Å². The van der Waals surface area contributed by atoms with Gasteiger partial charge < -0.3 is 5.11 Å². The maximum Gasteiger partial charge on any atom is 0.243 e. The van der Waals surface area contributed by atoms with E-state index >= 15 is 0 Å². The lowest BCUT2D eigenvalue weighted by Crippen LogP contribution is -2.37. The third-order valence-electron chi connectivity index (χ3n) is 2.43. The number of thioether (sulfide) groups is 1. The van der Waals surface area contributed by atoms with Crippen molar-refractivity contribution in [3.8, 4) is 5.75 Å². The summed E-state index contributed by atoms with van der Waals surface area (Å²) in [7, 11) is -3.42. The second-order valence-electron chi connectivity index (χ2n) is 3.51. The lowest BCUT2D eigenvalue weighted by molar-refractivity contribution is 0.441. The molecule has 88 valence electrons. The van der Waals surface area contributed by atoms with Gasteiger partial charge >= 0.3 is 0 Å². The maximum absolute atomic E-state index is 12.1.